The molecule has 122 valence electrons. The number of nitrogens with zero attached hydrogens (tertiary/aromatic N) is 1. The van der Waals surface area contributed by atoms with E-state index in [0.717, 1.165) is 32.1 Å². The van der Waals surface area contributed by atoms with E-state index >= 15 is 0 Å². The second-order valence-corrected chi connectivity index (χ2v) is 4.99. The van der Waals surface area contributed by atoms with E-state index in [-0.39, 0.29) is 24.0 Å². The lowest BCUT2D eigenvalue weighted by Crippen LogP contribution is -2.38. The van der Waals surface area contributed by atoms with E-state index in [2.05, 4.69) is 39.4 Å². The lowest BCUT2D eigenvalue weighted by atomic mass is 10.3. The summed E-state index contributed by atoms with van der Waals surface area (Å²) in [6.45, 7) is 6.53. The Balaban J connectivity index is 0.00000400. The van der Waals surface area contributed by atoms with Crippen LogP contribution in [0.15, 0.2) is 21.8 Å². The molecule has 0 aliphatic carbocycles. The maximum Gasteiger partial charge on any atom is 0.191 e. The van der Waals surface area contributed by atoms with Crippen molar-refractivity contribution in [3.8, 4) is 0 Å². The van der Waals surface area contributed by atoms with E-state index in [4.69, 9.17) is 9.47 Å². The van der Waals surface area contributed by atoms with Crippen molar-refractivity contribution in [2.24, 2.45) is 4.99 Å². The number of rotatable bonds is 10. The molecule has 1 rings (SSSR count). The third-order valence-electron chi connectivity index (χ3n) is 2.53. The second kappa shape index (κ2) is 14.6. The lowest BCUT2D eigenvalue weighted by Gasteiger charge is -2.11. The molecule has 0 aliphatic heterocycles. The van der Waals surface area contributed by atoms with Gasteiger partial charge >= 0.3 is 0 Å². The number of nitrogens with one attached hydrogen (secondary N) is 2. The fourth-order valence-corrected chi connectivity index (χ4v) is 2.18. The normalized spacial score (nSPS) is 11.0. The summed E-state index contributed by atoms with van der Waals surface area (Å²) in [5.41, 5.74) is 1.25. The SMILES string of the molecule is CCNC(=NCc1ccsc1)NCCCOCCOC.I. The Labute approximate surface area is 148 Å². The zero-order chi connectivity index (χ0) is 14.5. The third kappa shape index (κ3) is 10.9. The molecule has 1 aromatic rings. The minimum absolute atomic E-state index is 0. The van der Waals surface area contributed by atoms with Gasteiger partial charge in [-0.1, -0.05) is 0 Å². The van der Waals surface area contributed by atoms with Crippen LogP contribution < -0.4 is 10.6 Å². The van der Waals surface area contributed by atoms with Gasteiger partial charge in [-0.05, 0) is 35.7 Å². The number of halogens is 1. The molecule has 0 radical (unpaired) electrons. The van der Waals surface area contributed by atoms with Crippen LogP contribution in [0.4, 0.5) is 0 Å². The summed E-state index contributed by atoms with van der Waals surface area (Å²) in [6.07, 6.45) is 0.951. The molecule has 0 saturated heterocycles. The fourth-order valence-electron chi connectivity index (χ4n) is 1.52. The van der Waals surface area contributed by atoms with Crippen LogP contribution in [-0.4, -0.2) is 46.0 Å². The van der Waals surface area contributed by atoms with Crippen molar-refractivity contribution in [1.82, 2.24) is 10.6 Å². The largest absolute Gasteiger partial charge is 0.382 e. The Morgan fingerprint density at radius 3 is 2.81 bits per heavy atom. The first-order valence-corrected chi connectivity index (χ1v) is 7.91. The Bertz CT molecular complexity index is 361. The van der Waals surface area contributed by atoms with E-state index in [0.29, 0.717) is 19.8 Å². The third-order valence-corrected chi connectivity index (χ3v) is 3.27. The molecule has 1 heterocycles. The number of hydrogen-bond acceptors (Lipinski definition) is 4. The second-order valence-electron chi connectivity index (χ2n) is 4.21. The molecule has 0 atom stereocenters. The summed E-state index contributed by atoms with van der Waals surface area (Å²) in [7, 11) is 1.68. The number of hydrogen-bond donors (Lipinski definition) is 2. The van der Waals surface area contributed by atoms with Crippen LogP contribution in [0.3, 0.4) is 0 Å². The molecular formula is C14H26IN3O2S. The fraction of sp³-hybridized carbons (Fsp3) is 0.643. The first-order chi connectivity index (χ1) is 9.86. The zero-order valence-electron chi connectivity index (χ0n) is 12.8. The molecule has 21 heavy (non-hydrogen) atoms. The van der Waals surface area contributed by atoms with Gasteiger partial charge < -0.3 is 20.1 Å². The standard InChI is InChI=1S/C14H25N3O2S.HI/c1-3-15-14(17-11-13-5-10-20-12-13)16-6-4-7-19-9-8-18-2;/h5,10,12H,3-4,6-9,11H2,1-2H3,(H2,15,16,17);1H. The minimum atomic E-state index is 0. The molecule has 5 nitrogen and oxygen atoms in total. The van der Waals surface area contributed by atoms with Gasteiger partial charge in [-0.15, -0.1) is 24.0 Å². The molecule has 0 aromatic carbocycles. The molecule has 7 heteroatoms. The van der Waals surface area contributed by atoms with Crippen LogP contribution in [-0.2, 0) is 16.0 Å². The van der Waals surface area contributed by atoms with Crippen molar-refractivity contribution >= 4 is 41.3 Å². The van der Waals surface area contributed by atoms with Gasteiger partial charge in [0.05, 0.1) is 19.8 Å². The Morgan fingerprint density at radius 2 is 2.14 bits per heavy atom. The van der Waals surface area contributed by atoms with Crippen molar-refractivity contribution in [2.75, 3.05) is 40.0 Å². The first kappa shape index (κ1) is 20.6. The van der Waals surface area contributed by atoms with Crippen LogP contribution in [0, 0.1) is 0 Å². The van der Waals surface area contributed by atoms with Crippen LogP contribution in [0.2, 0.25) is 0 Å². The number of aliphatic imine (C=N–C) groups is 1. The van der Waals surface area contributed by atoms with E-state index in [9.17, 15) is 0 Å². The van der Waals surface area contributed by atoms with Crippen LogP contribution in [0.5, 0.6) is 0 Å². The van der Waals surface area contributed by atoms with E-state index in [1.165, 1.54) is 5.56 Å². The number of thiophene rings is 1. The summed E-state index contributed by atoms with van der Waals surface area (Å²) >= 11 is 1.70. The average Bonchev–Trinajstić information content (AvgIpc) is 2.97. The zero-order valence-corrected chi connectivity index (χ0v) is 15.9. The summed E-state index contributed by atoms with van der Waals surface area (Å²) in [4.78, 5) is 4.54. The van der Waals surface area contributed by atoms with Gasteiger partial charge in [0, 0.05) is 26.8 Å². The quantitative estimate of drug-likeness (QED) is 0.261. The summed E-state index contributed by atoms with van der Waals surface area (Å²) in [5.74, 6) is 0.857. The van der Waals surface area contributed by atoms with Crippen molar-refractivity contribution < 1.29 is 9.47 Å². The number of methoxy groups -OCH3 is 1. The number of guanidine groups is 1. The van der Waals surface area contributed by atoms with E-state index < -0.39 is 0 Å². The highest BCUT2D eigenvalue weighted by molar-refractivity contribution is 14.0. The topological polar surface area (TPSA) is 54.9 Å². The summed E-state index contributed by atoms with van der Waals surface area (Å²) in [5, 5.41) is 10.7. The molecule has 0 unspecified atom stereocenters. The van der Waals surface area contributed by atoms with E-state index in [1.807, 2.05) is 0 Å². The maximum absolute atomic E-state index is 5.41. The van der Waals surface area contributed by atoms with Gasteiger partial charge in [0.25, 0.3) is 0 Å². The van der Waals surface area contributed by atoms with Gasteiger partial charge in [-0.3, -0.25) is 0 Å². The van der Waals surface area contributed by atoms with Crippen LogP contribution >= 0.6 is 35.3 Å². The smallest absolute Gasteiger partial charge is 0.191 e. The molecule has 0 fully saturated rings. The summed E-state index contributed by atoms with van der Waals surface area (Å²) < 4.78 is 10.3. The number of ether oxygens (including phenoxy) is 2. The average molecular weight is 427 g/mol. The highest BCUT2D eigenvalue weighted by Crippen LogP contribution is 2.06. The van der Waals surface area contributed by atoms with Gasteiger partial charge in [0.1, 0.15) is 0 Å². The molecule has 0 aliphatic rings. The van der Waals surface area contributed by atoms with Gasteiger partial charge in [-0.2, -0.15) is 11.3 Å². The minimum Gasteiger partial charge on any atom is -0.382 e. The molecule has 0 saturated carbocycles. The Morgan fingerprint density at radius 1 is 1.29 bits per heavy atom. The first-order valence-electron chi connectivity index (χ1n) is 6.96. The van der Waals surface area contributed by atoms with E-state index in [1.54, 1.807) is 18.4 Å². The van der Waals surface area contributed by atoms with Crippen molar-refractivity contribution in [3.63, 3.8) is 0 Å². The highest BCUT2D eigenvalue weighted by Gasteiger charge is 1.97. The van der Waals surface area contributed by atoms with Crippen molar-refractivity contribution in [2.45, 2.75) is 19.9 Å². The predicted molar refractivity (Wildman–Crippen MR) is 99.9 cm³/mol. The molecule has 0 spiro atoms. The van der Waals surface area contributed by atoms with Crippen LogP contribution in [0.25, 0.3) is 0 Å². The highest BCUT2D eigenvalue weighted by atomic mass is 127. The monoisotopic (exact) mass is 427 g/mol. The molecule has 0 bridgehead atoms. The van der Waals surface area contributed by atoms with Crippen molar-refractivity contribution in [1.29, 1.82) is 0 Å². The maximum atomic E-state index is 5.41. The summed E-state index contributed by atoms with van der Waals surface area (Å²) in [6, 6.07) is 2.10. The Kier molecular flexibility index (Phi) is 14.3. The van der Waals surface area contributed by atoms with Gasteiger partial charge in [0.15, 0.2) is 5.96 Å². The van der Waals surface area contributed by atoms with Crippen molar-refractivity contribution in [3.05, 3.63) is 22.4 Å². The predicted octanol–water partition coefficient (Wildman–Crippen LogP) is 2.47. The molecule has 2 N–H and O–H groups in total. The molecule has 1 aromatic heterocycles. The van der Waals surface area contributed by atoms with Crippen LogP contribution in [0.1, 0.15) is 18.9 Å². The van der Waals surface area contributed by atoms with Gasteiger partial charge in [0.2, 0.25) is 0 Å². The van der Waals surface area contributed by atoms with Gasteiger partial charge in [-0.25, -0.2) is 4.99 Å². The lowest BCUT2D eigenvalue weighted by molar-refractivity contribution is 0.0698. The Hall–Kier alpha value is -0.380. The molecular weight excluding hydrogens is 401 g/mol. The molecule has 0 amide bonds.